The quantitative estimate of drug-likeness (QED) is 0.0355. The van der Waals surface area contributed by atoms with Crippen LogP contribution in [0.3, 0.4) is 0 Å². The second-order valence-electron chi connectivity index (χ2n) is 19.0. The second kappa shape index (κ2) is 21.9. The molecule has 4 heterocycles. The number of anilines is 4. The number of hydrogen-bond donors (Lipinski definition) is 0. The van der Waals surface area contributed by atoms with Gasteiger partial charge in [-0.15, -0.1) is 25.7 Å². The molecule has 8 amide bonds. The van der Waals surface area contributed by atoms with Gasteiger partial charge >= 0.3 is 23.9 Å². The molecule has 0 radical (unpaired) electrons. The number of fused-ring (bicyclic) bond motifs is 4. The average Bonchev–Trinajstić information content (AvgIpc) is 3.40. The van der Waals surface area contributed by atoms with Gasteiger partial charge in [-0.3, -0.25) is 38.4 Å². The molecule has 0 aliphatic carbocycles. The minimum Gasteiger partial charge on any atom is -0.458 e. The highest BCUT2D eigenvalue weighted by Gasteiger charge is 2.43. The van der Waals surface area contributed by atoms with Gasteiger partial charge in [0, 0.05) is 22.3 Å². The minimum absolute atomic E-state index is 0.00527. The van der Waals surface area contributed by atoms with Crippen LogP contribution in [0.1, 0.15) is 147 Å². The number of carbonyl (C=O) groups is 12. The molecule has 20 nitrogen and oxygen atoms in total. The Morgan fingerprint density at radius 2 is 0.523 bits per heavy atom. The lowest BCUT2D eigenvalue weighted by Gasteiger charge is -2.20. The number of imide groups is 4. The molecule has 20 heteroatoms. The third kappa shape index (κ3) is 9.60. The van der Waals surface area contributed by atoms with Crippen LogP contribution >= 0.6 is 0 Å². The van der Waals surface area contributed by atoms with Crippen LogP contribution in [0.2, 0.25) is 0 Å². The van der Waals surface area contributed by atoms with E-state index < -0.39 is 97.6 Å². The van der Waals surface area contributed by atoms with E-state index in [1.807, 2.05) is 0 Å². The summed E-state index contributed by atoms with van der Waals surface area (Å²) in [6.45, 7) is -2.20. The molecule has 0 spiro atoms. The van der Waals surface area contributed by atoms with Gasteiger partial charge in [-0.25, -0.2) is 38.8 Å². The molecule has 0 fully saturated rings. The number of hydrogen-bond acceptors (Lipinski definition) is 16. The van der Waals surface area contributed by atoms with Crippen LogP contribution in [0.25, 0.3) is 0 Å². The third-order valence-electron chi connectivity index (χ3n) is 14.0. The Kier molecular flexibility index (Phi) is 14.1. The summed E-state index contributed by atoms with van der Waals surface area (Å²) in [4.78, 5) is 167. The Hall–Kier alpha value is -12.8. The van der Waals surface area contributed by atoms with Crippen LogP contribution < -0.4 is 19.6 Å². The molecule has 7 aromatic carbocycles. The SMILES string of the molecule is C#Cc1ccc2c(c1)C(=O)N(c1cc(C(=O)OCCOC(=O)c3cccc(C(=O)OCCOC(=O)c4cc(N5C(=O)c6ccc(C#C)cc6C5=O)cc(N5C(=O)c6ccc(C#C)cc6C5=O)c4)c3)cc(N3C(=O)c4ccc(C#C)cc4C3=O)c1)C2=O. The molecule has 0 unspecified atom stereocenters. The number of esters is 4. The first-order valence-electron chi connectivity index (χ1n) is 25.5. The molecule has 11 rings (SSSR count). The Balaban J connectivity index is 0.735. The molecule has 0 N–H and O–H groups in total. The topological polar surface area (TPSA) is 255 Å². The first kappa shape index (κ1) is 55.1. The predicted molar refractivity (Wildman–Crippen MR) is 303 cm³/mol. The summed E-state index contributed by atoms with van der Waals surface area (Å²) in [7, 11) is 0. The van der Waals surface area contributed by atoms with Crippen molar-refractivity contribution in [2.24, 2.45) is 0 Å². The fourth-order valence-electron chi connectivity index (χ4n) is 9.85. The summed E-state index contributed by atoms with van der Waals surface area (Å²) < 4.78 is 21.4. The summed E-state index contributed by atoms with van der Waals surface area (Å²) in [5, 5.41) is 0. The Morgan fingerprint density at radius 1 is 0.291 bits per heavy atom. The van der Waals surface area contributed by atoms with E-state index in [1.165, 1.54) is 103 Å². The molecule has 0 saturated heterocycles. The van der Waals surface area contributed by atoms with E-state index in [0.29, 0.717) is 22.3 Å². The molecule has 0 atom stereocenters. The summed E-state index contributed by atoms with van der Waals surface area (Å²) in [6.07, 6.45) is 22.1. The van der Waals surface area contributed by atoms with E-state index in [-0.39, 0.29) is 89.5 Å². The molecule has 414 valence electrons. The zero-order chi connectivity index (χ0) is 60.8. The fraction of sp³-hybridized carbons (Fsp3) is 0.0606. The van der Waals surface area contributed by atoms with E-state index in [4.69, 9.17) is 44.6 Å². The van der Waals surface area contributed by atoms with Crippen molar-refractivity contribution < 1.29 is 76.5 Å². The van der Waals surface area contributed by atoms with Crippen molar-refractivity contribution in [3.8, 4) is 49.4 Å². The first-order chi connectivity index (χ1) is 41.4. The van der Waals surface area contributed by atoms with Gasteiger partial charge < -0.3 is 18.9 Å². The van der Waals surface area contributed by atoms with Gasteiger partial charge in [0.2, 0.25) is 0 Å². The van der Waals surface area contributed by atoms with Gasteiger partial charge in [0.1, 0.15) is 26.4 Å². The third-order valence-corrected chi connectivity index (χ3v) is 14.0. The average molecular weight is 1140 g/mol. The van der Waals surface area contributed by atoms with E-state index in [2.05, 4.69) is 23.7 Å². The summed E-state index contributed by atoms with van der Waals surface area (Å²) in [5.74, 6) is -0.887. The monoisotopic (exact) mass is 1140 g/mol. The number of nitrogens with zero attached hydrogens (tertiary/aromatic N) is 4. The lowest BCUT2D eigenvalue weighted by Crippen LogP contribution is -2.32. The van der Waals surface area contributed by atoms with Crippen LogP contribution in [0.5, 0.6) is 0 Å². The zero-order valence-corrected chi connectivity index (χ0v) is 44.2. The highest BCUT2D eigenvalue weighted by molar-refractivity contribution is 6.38. The van der Waals surface area contributed by atoms with E-state index in [0.717, 1.165) is 49.9 Å². The maximum atomic E-state index is 13.8. The van der Waals surface area contributed by atoms with Gasteiger partial charge in [0.05, 0.1) is 89.5 Å². The molecular weight excluding hydrogens is 1100 g/mol. The molecule has 0 bridgehead atoms. The summed E-state index contributed by atoms with van der Waals surface area (Å²) >= 11 is 0. The number of rotatable bonds is 14. The van der Waals surface area contributed by atoms with E-state index in [1.54, 1.807) is 0 Å². The number of benzene rings is 7. The molecule has 0 aromatic heterocycles. The van der Waals surface area contributed by atoms with Crippen LogP contribution in [-0.2, 0) is 18.9 Å². The lowest BCUT2D eigenvalue weighted by molar-refractivity contribution is 0.0260. The number of amides is 8. The molecule has 4 aliphatic rings. The Labute approximate surface area is 486 Å². The second-order valence-corrected chi connectivity index (χ2v) is 19.0. The van der Waals surface area contributed by atoms with Crippen molar-refractivity contribution in [1.29, 1.82) is 0 Å². The van der Waals surface area contributed by atoms with E-state index in [9.17, 15) is 57.5 Å². The number of terminal acetylenes is 4. The highest BCUT2D eigenvalue weighted by Crippen LogP contribution is 2.38. The maximum absolute atomic E-state index is 13.8. The largest absolute Gasteiger partial charge is 0.458 e. The standard InChI is InChI=1S/C66H34N4O16/c1-5-35-12-16-47-51(24-35)59(75)67(55(47)71)43-29-41(30-44(33-43)68-56(72)48-17-13-36(6-2)25-52(48)60(68)76)65(81)85-22-20-83-63(79)39-10-9-11-40(28-39)64(80)84-21-23-86-66(82)42-31-45(69-57(73)49-18-14-37(7-3)26-53(49)61(69)77)34-46(32-42)70-58(74)50-19-15-38(8-4)27-54(50)62(70)78/h1-4,9-19,24-34H,20-23H2. The highest BCUT2D eigenvalue weighted by atomic mass is 16.6. The molecule has 7 aromatic rings. The van der Waals surface area contributed by atoms with E-state index >= 15 is 0 Å². The van der Waals surface area contributed by atoms with Crippen LogP contribution in [0.15, 0.2) is 133 Å². The van der Waals surface area contributed by atoms with Gasteiger partial charge in [0.15, 0.2) is 0 Å². The number of carbonyl (C=O) groups excluding carboxylic acids is 12. The van der Waals surface area contributed by atoms with Crippen molar-refractivity contribution >= 4 is 93.9 Å². The van der Waals surface area contributed by atoms with Gasteiger partial charge in [-0.1, -0.05) is 29.7 Å². The Bertz CT molecular complexity index is 4040. The van der Waals surface area contributed by atoms with Crippen LogP contribution in [0, 0.1) is 49.4 Å². The van der Waals surface area contributed by atoms with Crippen LogP contribution in [0.4, 0.5) is 22.7 Å². The van der Waals surface area contributed by atoms with Gasteiger partial charge in [-0.05, 0) is 127 Å². The summed E-state index contributed by atoms with van der Waals surface area (Å²) in [5.41, 5.74) is -0.591. The smallest absolute Gasteiger partial charge is 0.338 e. The van der Waals surface area contributed by atoms with Crippen molar-refractivity contribution in [3.05, 3.63) is 222 Å². The zero-order valence-electron chi connectivity index (χ0n) is 44.2. The van der Waals surface area contributed by atoms with Crippen molar-refractivity contribution in [2.45, 2.75) is 0 Å². The maximum Gasteiger partial charge on any atom is 0.338 e. The van der Waals surface area contributed by atoms with Crippen molar-refractivity contribution in [2.75, 3.05) is 46.0 Å². The normalized spacial score (nSPS) is 13.5. The van der Waals surface area contributed by atoms with Gasteiger partial charge in [0.25, 0.3) is 47.3 Å². The molecule has 0 saturated carbocycles. The first-order valence-corrected chi connectivity index (χ1v) is 25.5. The number of ether oxygens (including phenoxy) is 4. The predicted octanol–water partition coefficient (Wildman–Crippen LogP) is 6.84. The fourth-order valence-corrected chi connectivity index (χ4v) is 9.85. The van der Waals surface area contributed by atoms with Crippen LogP contribution in [-0.4, -0.2) is 97.6 Å². The molecule has 86 heavy (non-hydrogen) atoms. The molecule has 4 aliphatic heterocycles. The Morgan fingerprint density at radius 3 is 0.767 bits per heavy atom. The van der Waals surface area contributed by atoms with Crippen molar-refractivity contribution in [3.63, 3.8) is 0 Å². The molecular formula is C66H34N4O16. The lowest BCUT2D eigenvalue weighted by atomic mass is 10.1. The van der Waals surface area contributed by atoms with Gasteiger partial charge in [-0.2, -0.15) is 0 Å². The minimum atomic E-state index is -1.08. The van der Waals surface area contributed by atoms with Crippen molar-refractivity contribution in [1.82, 2.24) is 0 Å². The summed E-state index contributed by atoms with van der Waals surface area (Å²) in [6, 6.07) is 28.8.